The Morgan fingerprint density at radius 1 is 1.28 bits per heavy atom. The van der Waals surface area contributed by atoms with Crippen molar-refractivity contribution in [3.05, 3.63) is 46.5 Å². The van der Waals surface area contributed by atoms with Gasteiger partial charge in [-0.1, -0.05) is 0 Å². The molecule has 18 heavy (non-hydrogen) atoms. The predicted molar refractivity (Wildman–Crippen MR) is 62.9 cm³/mol. The number of non-ortho nitro benzene ring substituents is 1. The van der Waals surface area contributed by atoms with Gasteiger partial charge in [0.15, 0.2) is 0 Å². The van der Waals surface area contributed by atoms with Crippen LogP contribution < -0.4 is 5.32 Å². The number of carbonyl (C=O) groups is 2. The van der Waals surface area contributed by atoms with Gasteiger partial charge in [-0.05, 0) is 12.1 Å². The quantitative estimate of drug-likeness (QED) is 0.375. The van der Waals surface area contributed by atoms with Crippen molar-refractivity contribution in [2.75, 3.05) is 12.4 Å². The van der Waals surface area contributed by atoms with E-state index in [2.05, 4.69) is 10.1 Å². The highest BCUT2D eigenvalue weighted by Gasteiger charge is 2.05. The van der Waals surface area contributed by atoms with E-state index in [0.29, 0.717) is 5.69 Å². The van der Waals surface area contributed by atoms with Crippen LogP contribution in [0.3, 0.4) is 0 Å². The summed E-state index contributed by atoms with van der Waals surface area (Å²) < 4.78 is 4.31. The van der Waals surface area contributed by atoms with Crippen molar-refractivity contribution in [2.24, 2.45) is 0 Å². The molecule has 7 heteroatoms. The Labute approximate surface area is 102 Å². The van der Waals surface area contributed by atoms with Gasteiger partial charge in [-0.3, -0.25) is 14.9 Å². The van der Waals surface area contributed by atoms with Crippen LogP contribution >= 0.6 is 0 Å². The minimum absolute atomic E-state index is 0.0712. The number of carbonyl (C=O) groups excluding carboxylic acids is 2. The van der Waals surface area contributed by atoms with Crippen molar-refractivity contribution in [1.29, 1.82) is 0 Å². The van der Waals surface area contributed by atoms with Crippen LogP contribution in [0.4, 0.5) is 11.4 Å². The van der Waals surface area contributed by atoms with Crippen molar-refractivity contribution in [1.82, 2.24) is 0 Å². The summed E-state index contributed by atoms with van der Waals surface area (Å²) in [4.78, 5) is 31.9. The molecule has 0 radical (unpaired) electrons. The van der Waals surface area contributed by atoms with Gasteiger partial charge in [0, 0.05) is 30.0 Å². The standard InChI is InChI=1S/C11H10N2O5/c1-18-11(15)7-6-10(14)12-8-2-4-9(5-3-8)13(16)17/h2-7H,1H3,(H,12,14)/b7-6-. The molecule has 1 N–H and O–H groups in total. The molecule has 0 aliphatic heterocycles. The fraction of sp³-hybridized carbons (Fsp3) is 0.0909. The molecule has 1 aromatic rings. The second-order valence-electron chi connectivity index (χ2n) is 3.15. The topological polar surface area (TPSA) is 98.5 Å². The average molecular weight is 250 g/mol. The van der Waals surface area contributed by atoms with E-state index < -0.39 is 16.8 Å². The molecule has 0 heterocycles. The lowest BCUT2D eigenvalue weighted by Crippen LogP contribution is -2.09. The number of ether oxygens (including phenoxy) is 1. The van der Waals surface area contributed by atoms with Crippen molar-refractivity contribution in [3.63, 3.8) is 0 Å². The van der Waals surface area contributed by atoms with E-state index in [1.165, 1.54) is 31.4 Å². The van der Waals surface area contributed by atoms with E-state index in [4.69, 9.17) is 0 Å². The lowest BCUT2D eigenvalue weighted by molar-refractivity contribution is -0.384. The predicted octanol–water partition coefficient (Wildman–Crippen LogP) is 1.26. The molecule has 0 saturated heterocycles. The summed E-state index contributed by atoms with van der Waals surface area (Å²) in [5.41, 5.74) is 0.318. The Morgan fingerprint density at radius 3 is 2.39 bits per heavy atom. The fourth-order valence-electron chi connectivity index (χ4n) is 1.06. The third-order valence-electron chi connectivity index (χ3n) is 1.92. The fourth-order valence-corrected chi connectivity index (χ4v) is 1.06. The summed E-state index contributed by atoms with van der Waals surface area (Å²) in [6.45, 7) is 0. The molecule has 0 aliphatic carbocycles. The molecule has 0 saturated carbocycles. The Kier molecular flexibility index (Phi) is 4.56. The number of anilines is 1. The number of hydrogen-bond donors (Lipinski definition) is 1. The normalized spacial score (nSPS) is 10.1. The van der Waals surface area contributed by atoms with Gasteiger partial charge in [0.2, 0.25) is 5.91 Å². The van der Waals surface area contributed by atoms with Crippen LogP contribution in [0.5, 0.6) is 0 Å². The van der Waals surface area contributed by atoms with E-state index in [1.807, 2.05) is 0 Å². The van der Waals surface area contributed by atoms with Gasteiger partial charge in [0.25, 0.3) is 5.69 Å². The molecule has 0 bridgehead atoms. The first-order chi connectivity index (χ1) is 8.52. The van der Waals surface area contributed by atoms with Gasteiger partial charge in [-0.2, -0.15) is 0 Å². The van der Waals surface area contributed by atoms with Crippen LogP contribution in [-0.4, -0.2) is 23.9 Å². The maximum atomic E-state index is 11.3. The molecule has 1 amide bonds. The molecular formula is C11H10N2O5. The monoisotopic (exact) mass is 250 g/mol. The molecular weight excluding hydrogens is 240 g/mol. The van der Waals surface area contributed by atoms with Gasteiger partial charge in [-0.15, -0.1) is 0 Å². The molecule has 0 spiro atoms. The van der Waals surface area contributed by atoms with Crippen LogP contribution in [0.2, 0.25) is 0 Å². The third kappa shape index (κ3) is 4.05. The van der Waals surface area contributed by atoms with E-state index in [0.717, 1.165) is 12.2 Å². The van der Waals surface area contributed by atoms with Gasteiger partial charge in [0.1, 0.15) is 0 Å². The maximum Gasteiger partial charge on any atom is 0.330 e. The number of amides is 1. The average Bonchev–Trinajstić information content (AvgIpc) is 2.36. The van der Waals surface area contributed by atoms with Gasteiger partial charge < -0.3 is 10.1 Å². The van der Waals surface area contributed by atoms with Crippen LogP contribution in [0.15, 0.2) is 36.4 Å². The Balaban J connectivity index is 2.62. The molecule has 0 fully saturated rings. The highest BCUT2D eigenvalue weighted by Crippen LogP contribution is 2.15. The maximum absolute atomic E-state index is 11.3. The SMILES string of the molecule is COC(=O)/C=C\C(=O)Nc1ccc([N+](=O)[O-])cc1. The number of esters is 1. The van der Waals surface area contributed by atoms with Gasteiger partial charge >= 0.3 is 5.97 Å². The molecule has 7 nitrogen and oxygen atoms in total. The van der Waals surface area contributed by atoms with Crippen molar-refractivity contribution in [2.45, 2.75) is 0 Å². The van der Waals surface area contributed by atoms with E-state index in [1.54, 1.807) is 0 Å². The van der Waals surface area contributed by atoms with Gasteiger partial charge in [0.05, 0.1) is 12.0 Å². The lowest BCUT2D eigenvalue weighted by Gasteiger charge is -2.00. The number of benzene rings is 1. The summed E-state index contributed by atoms with van der Waals surface area (Å²) in [5.74, 6) is -1.18. The smallest absolute Gasteiger partial charge is 0.330 e. The highest BCUT2D eigenvalue weighted by molar-refractivity contribution is 6.02. The van der Waals surface area contributed by atoms with E-state index >= 15 is 0 Å². The molecule has 1 rings (SSSR count). The highest BCUT2D eigenvalue weighted by atomic mass is 16.6. The molecule has 0 unspecified atom stereocenters. The molecule has 0 atom stereocenters. The largest absolute Gasteiger partial charge is 0.466 e. The Hall–Kier alpha value is -2.70. The molecule has 94 valence electrons. The van der Waals surface area contributed by atoms with E-state index in [-0.39, 0.29) is 5.69 Å². The summed E-state index contributed by atoms with van der Waals surface area (Å²) in [7, 11) is 1.20. The molecule has 1 aromatic carbocycles. The Bertz CT molecular complexity index is 493. The Morgan fingerprint density at radius 2 is 1.89 bits per heavy atom. The number of nitrogens with zero attached hydrogens (tertiary/aromatic N) is 1. The van der Waals surface area contributed by atoms with Crippen LogP contribution in [0.25, 0.3) is 0 Å². The summed E-state index contributed by atoms with van der Waals surface area (Å²) >= 11 is 0. The number of hydrogen-bond acceptors (Lipinski definition) is 5. The number of nitro groups is 1. The zero-order valence-electron chi connectivity index (χ0n) is 9.45. The van der Waals surface area contributed by atoms with Crippen LogP contribution in [0.1, 0.15) is 0 Å². The first kappa shape index (κ1) is 13.4. The van der Waals surface area contributed by atoms with Crippen molar-refractivity contribution in [3.8, 4) is 0 Å². The number of nitrogens with one attached hydrogen (secondary N) is 1. The minimum Gasteiger partial charge on any atom is -0.466 e. The lowest BCUT2D eigenvalue weighted by atomic mass is 10.3. The van der Waals surface area contributed by atoms with Crippen molar-refractivity contribution >= 4 is 23.3 Å². The zero-order valence-corrected chi connectivity index (χ0v) is 9.45. The second-order valence-corrected chi connectivity index (χ2v) is 3.15. The van der Waals surface area contributed by atoms with E-state index in [9.17, 15) is 19.7 Å². The molecule has 0 aromatic heterocycles. The summed E-state index contributed by atoms with van der Waals surface area (Å²) in [6.07, 6.45) is 1.98. The van der Waals surface area contributed by atoms with Crippen molar-refractivity contribution < 1.29 is 19.2 Å². The number of rotatable bonds is 4. The zero-order chi connectivity index (χ0) is 13.5. The first-order valence-corrected chi connectivity index (χ1v) is 4.84. The second kappa shape index (κ2) is 6.14. The summed E-state index contributed by atoms with van der Waals surface area (Å²) in [6, 6.07) is 5.31. The summed E-state index contributed by atoms with van der Waals surface area (Å²) in [5, 5.41) is 12.8. The minimum atomic E-state index is -0.645. The first-order valence-electron chi connectivity index (χ1n) is 4.84. The van der Waals surface area contributed by atoms with Crippen LogP contribution in [-0.2, 0) is 14.3 Å². The van der Waals surface area contributed by atoms with Gasteiger partial charge in [-0.25, -0.2) is 4.79 Å². The number of nitro benzene ring substituents is 1. The number of methoxy groups -OCH3 is 1. The third-order valence-corrected chi connectivity index (χ3v) is 1.92. The molecule has 0 aliphatic rings. The van der Waals surface area contributed by atoms with Crippen LogP contribution in [0, 0.1) is 10.1 Å².